The van der Waals surface area contributed by atoms with Gasteiger partial charge in [0.05, 0.1) is 17.7 Å². The number of carbonyl (C=O) groups is 1. The third-order valence-corrected chi connectivity index (χ3v) is 2.69. The second kappa shape index (κ2) is 3.05. The number of ether oxygens (including phenoxy) is 1. The van der Waals surface area contributed by atoms with E-state index in [1.165, 1.54) is 0 Å². The van der Waals surface area contributed by atoms with Crippen LogP contribution in [0.2, 0.25) is 0 Å². The van der Waals surface area contributed by atoms with Gasteiger partial charge in [-0.05, 0) is 11.6 Å². The highest BCUT2D eigenvalue weighted by molar-refractivity contribution is 5.97. The van der Waals surface area contributed by atoms with Crippen molar-refractivity contribution < 1.29 is 9.53 Å². The summed E-state index contributed by atoms with van der Waals surface area (Å²) in [6.45, 7) is 0.472. The summed E-state index contributed by atoms with van der Waals surface area (Å²) in [4.78, 5) is 15.7. The van der Waals surface area contributed by atoms with Gasteiger partial charge in [-0.2, -0.15) is 0 Å². The smallest absolute Gasteiger partial charge is 0.340 e. The minimum atomic E-state index is -0.255. The maximum atomic E-state index is 11.5. The fourth-order valence-electron chi connectivity index (χ4n) is 1.97. The second-order valence-electron chi connectivity index (χ2n) is 3.55. The Kier molecular flexibility index (Phi) is 1.71. The molecule has 0 amide bonds. The lowest BCUT2D eigenvalue weighted by atomic mass is 9.99. The summed E-state index contributed by atoms with van der Waals surface area (Å²) in [5.41, 5.74) is 2.61. The predicted octanol–water partition coefficient (Wildman–Crippen LogP) is 1.95. The van der Waals surface area contributed by atoms with Crippen LogP contribution in [0, 0.1) is 0 Å². The number of hydrogen-bond donors (Lipinski definition) is 0. The monoisotopic (exact) mass is 199 g/mol. The zero-order valence-corrected chi connectivity index (χ0v) is 8.06. The largest absolute Gasteiger partial charge is 0.462 e. The van der Waals surface area contributed by atoms with E-state index in [4.69, 9.17) is 4.74 Å². The van der Waals surface area contributed by atoms with Crippen LogP contribution in [0.25, 0.3) is 10.9 Å². The van der Waals surface area contributed by atoms with Gasteiger partial charge in [0.15, 0.2) is 0 Å². The number of para-hydroxylation sites is 1. The van der Waals surface area contributed by atoms with Crippen LogP contribution in [-0.2, 0) is 11.2 Å². The molecule has 0 unspecified atom stereocenters. The van der Waals surface area contributed by atoms with Crippen molar-refractivity contribution in [1.29, 1.82) is 0 Å². The number of rotatable bonds is 0. The molecule has 0 atom stereocenters. The van der Waals surface area contributed by atoms with E-state index in [0.717, 1.165) is 22.9 Å². The van der Waals surface area contributed by atoms with Crippen LogP contribution in [0.5, 0.6) is 0 Å². The molecule has 0 saturated carbocycles. The average molecular weight is 199 g/mol. The van der Waals surface area contributed by atoms with Crippen molar-refractivity contribution in [2.45, 2.75) is 6.42 Å². The molecule has 3 heteroatoms. The third-order valence-electron chi connectivity index (χ3n) is 2.69. The van der Waals surface area contributed by atoms with Crippen LogP contribution in [0.3, 0.4) is 0 Å². The van der Waals surface area contributed by atoms with Gasteiger partial charge < -0.3 is 4.74 Å². The van der Waals surface area contributed by atoms with E-state index in [0.29, 0.717) is 12.2 Å². The zero-order valence-electron chi connectivity index (χ0n) is 8.06. The summed E-state index contributed by atoms with van der Waals surface area (Å²) in [5.74, 6) is -0.255. The summed E-state index contributed by atoms with van der Waals surface area (Å²) in [6.07, 6.45) is 2.39. The van der Waals surface area contributed by atoms with Crippen LogP contribution in [-0.4, -0.2) is 17.6 Å². The molecule has 0 N–H and O–H groups in total. The highest BCUT2D eigenvalue weighted by atomic mass is 16.5. The lowest BCUT2D eigenvalue weighted by Gasteiger charge is -2.16. The van der Waals surface area contributed by atoms with E-state index in [2.05, 4.69) is 4.98 Å². The number of fused-ring (bicyclic) bond motifs is 3. The Bertz CT molecular complexity index is 548. The van der Waals surface area contributed by atoms with Crippen LogP contribution in [0.15, 0.2) is 30.5 Å². The molecule has 3 nitrogen and oxygen atoms in total. The van der Waals surface area contributed by atoms with Gasteiger partial charge in [-0.3, -0.25) is 4.98 Å². The molecule has 0 fully saturated rings. The third kappa shape index (κ3) is 1.20. The first-order valence-corrected chi connectivity index (χ1v) is 4.90. The van der Waals surface area contributed by atoms with Gasteiger partial charge in [0, 0.05) is 18.0 Å². The minimum absolute atomic E-state index is 0.255. The van der Waals surface area contributed by atoms with E-state index in [1.54, 1.807) is 6.20 Å². The minimum Gasteiger partial charge on any atom is -0.462 e. The predicted molar refractivity (Wildman–Crippen MR) is 55.7 cm³/mol. The molecule has 0 spiro atoms. The first kappa shape index (κ1) is 8.41. The molecular formula is C12H9NO2. The number of cyclic esters (lactones) is 1. The number of benzene rings is 1. The lowest BCUT2D eigenvalue weighted by Crippen LogP contribution is -2.18. The van der Waals surface area contributed by atoms with E-state index in [9.17, 15) is 4.79 Å². The van der Waals surface area contributed by atoms with Crippen LogP contribution in [0.1, 0.15) is 15.9 Å². The number of esters is 1. The van der Waals surface area contributed by atoms with Gasteiger partial charge in [0.1, 0.15) is 0 Å². The maximum absolute atomic E-state index is 11.5. The van der Waals surface area contributed by atoms with Crippen molar-refractivity contribution in [3.8, 4) is 0 Å². The quantitative estimate of drug-likeness (QED) is 0.609. The Labute approximate surface area is 86.7 Å². The zero-order chi connectivity index (χ0) is 10.3. The van der Waals surface area contributed by atoms with Crippen molar-refractivity contribution in [2.24, 2.45) is 0 Å². The first-order valence-electron chi connectivity index (χ1n) is 4.90. The van der Waals surface area contributed by atoms with E-state index in [-0.39, 0.29) is 5.97 Å². The number of pyridine rings is 1. The van der Waals surface area contributed by atoms with Crippen molar-refractivity contribution in [1.82, 2.24) is 4.98 Å². The van der Waals surface area contributed by atoms with Crippen molar-refractivity contribution in [3.63, 3.8) is 0 Å². The molecule has 0 aliphatic carbocycles. The van der Waals surface area contributed by atoms with Crippen LogP contribution >= 0.6 is 0 Å². The number of aromatic nitrogens is 1. The Hall–Kier alpha value is -1.90. The molecule has 2 heterocycles. The molecule has 15 heavy (non-hydrogen) atoms. The van der Waals surface area contributed by atoms with E-state index < -0.39 is 0 Å². The van der Waals surface area contributed by atoms with Crippen LogP contribution in [0.4, 0.5) is 0 Å². The van der Waals surface area contributed by atoms with Crippen LogP contribution < -0.4 is 0 Å². The maximum Gasteiger partial charge on any atom is 0.340 e. The van der Waals surface area contributed by atoms with Gasteiger partial charge in [0.25, 0.3) is 0 Å². The fourth-order valence-corrected chi connectivity index (χ4v) is 1.97. The van der Waals surface area contributed by atoms with Gasteiger partial charge in [0.2, 0.25) is 0 Å². The molecule has 0 saturated heterocycles. The first-order chi connectivity index (χ1) is 7.36. The van der Waals surface area contributed by atoms with E-state index in [1.807, 2.05) is 24.3 Å². The number of carbonyl (C=O) groups excluding carboxylic acids is 1. The molecule has 1 aliphatic heterocycles. The summed E-state index contributed by atoms with van der Waals surface area (Å²) in [5, 5.41) is 1.06. The normalized spacial score (nSPS) is 14.8. The molecule has 1 aliphatic rings. The van der Waals surface area contributed by atoms with Crippen molar-refractivity contribution in [3.05, 3.63) is 41.6 Å². The molecular weight excluding hydrogens is 190 g/mol. The molecule has 74 valence electrons. The summed E-state index contributed by atoms with van der Waals surface area (Å²) in [6, 6.07) is 7.86. The standard InChI is InChI=1S/C12H9NO2/c14-12-10-7-13-11-4-2-1-3-9(11)8(10)5-6-15-12/h1-4,7H,5-6H2. The van der Waals surface area contributed by atoms with Gasteiger partial charge in [-0.1, -0.05) is 18.2 Å². The average Bonchev–Trinajstić information content (AvgIpc) is 2.29. The highest BCUT2D eigenvalue weighted by Crippen LogP contribution is 2.24. The van der Waals surface area contributed by atoms with Gasteiger partial charge >= 0.3 is 5.97 Å². The molecule has 0 radical (unpaired) electrons. The molecule has 3 rings (SSSR count). The SMILES string of the molecule is O=C1OCCc2c1cnc1ccccc21. The molecule has 0 bridgehead atoms. The summed E-state index contributed by atoms with van der Waals surface area (Å²) >= 11 is 0. The summed E-state index contributed by atoms with van der Waals surface area (Å²) < 4.78 is 4.97. The Morgan fingerprint density at radius 3 is 3.07 bits per heavy atom. The fraction of sp³-hybridized carbons (Fsp3) is 0.167. The van der Waals surface area contributed by atoms with Crippen molar-refractivity contribution >= 4 is 16.9 Å². The molecule has 2 aromatic rings. The number of nitrogens with zero attached hydrogens (tertiary/aromatic N) is 1. The Balaban J connectivity index is 2.38. The highest BCUT2D eigenvalue weighted by Gasteiger charge is 2.20. The molecule has 1 aromatic heterocycles. The Morgan fingerprint density at radius 2 is 2.13 bits per heavy atom. The lowest BCUT2D eigenvalue weighted by molar-refractivity contribution is 0.0481. The Morgan fingerprint density at radius 1 is 1.27 bits per heavy atom. The molecule has 1 aromatic carbocycles. The number of hydrogen-bond acceptors (Lipinski definition) is 3. The van der Waals surface area contributed by atoms with E-state index >= 15 is 0 Å². The second-order valence-corrected chi connectivity index (χ2v) is 3.55. The van der Waals surface area contributed by atoms with Crippen molar-refractivity contribution in [2.75, 3.05) is 6.61 Å². The van der Waals surface area contributed by atoms with Gasteiger partial charge in [-0.25, -0.2) is 4.79 Å². The topological polar surface area (TPSA) is 39.2 Å². The summed E-state index contributed by atoms with van der Waals surface area (Å²) in [7, 11) is 0. The van der Waals surface area contributed by atoms with Gasteiger partial charge in [-0.15, -0.1) is 0 Å².